The molecular formula is C23H23N3OS. The molecule has 5 rings (SSSR count). The normalized spacial score (nSPS) is 16.8. The van der Waals surface area contributed by atoms with Crippen molar-refractivity contribution in [1.82, 2.24) is 14.8 Å². The number of hydrogen-bond donors (Lipinski definition) is 0. The van der Waals surface area contributed by atoms with Crippen LogP contribution in [0.25, 0.3) is 5.69 Å². The maximum absolute atomic E-state index is 13.1. The van der Waals surface area contributed by atoms with Crippen molar-refractivity contribution >= 4 is 17.5 Å². The molecular weight excluding hydrogens is 366 g/mol. The van der Waals surface area contributed by atoms with Crippen molar-refractivity contribution in [3.63, 3.8) is 0 Å². The van der Waals surface area contributed by atoms with Gasteiger partial charge < -0.3 is 0 Å². The van der Waals surface area contributed by atoms with Crippen LogP contribution in [-0.2, 0) is 12.8 Å². The highest BCUT2D eigenvalue weighted by atomic mass is 32.2. The quantitative estimate of drug-likeness (QED) is 0.440. The number of carbonyl (C=O) groups excluding carboxylic acids is 1. The molecule has 2 aliphatic carbocycles. The van der Waals surface area contributed by atoms with Crippen molar-refractivity contribution in [2.45, 2.75) is 55.4 Å². The molecule has 5 heteroatoms. The summed E-state index contributed by atoms with van der Waals surface area (Å²) in [5.41, 5.74) is 4.61. The highest BCUT2D eigenvalue weighted by Gasteiger charge is 2.32. The van der Waals surface area contributed by atoms with Gasteiger partial charge >= 0.3 is 0 Å². The van der Waals surface area contributed by atoms with Gasteiger partial charge in [0, 0.05) is 17.2 Å². The van der Waals surface area contributed by atoms with Gasteiger partial charge in [-0.15, -0.1) is 10.2 Å². The zero-order valence-electron chi connectivity index (χ0n) is 16.0. The van der Waals surface area contributed by atoms with Crippen molar-refractivity contribution in [3.05, 3.63) is 71.0 Å². The molecule has 1 heterocycles. The third-order valence-corrected chi connectivity index (χ3v) is 6.69. The number of aryl methyl sites for hydroxylation is 2. The zero-order chi connectivity index (χ0) is 19.1. The number of fused-ring (bicyclic) bond motifs is 1. The van der Waals surface area contributed by atoms with Gasteiger partial charge in [0.2, 0.25) is 0 Å². The molecule has 1 fully saturated rings. The molecule has 2 aromatic carbocycles. The first-order valence-electron chi connectivity index (χ1n) is 10.0. The smallest absolute Gasteiger partial charge is 0.196 e. The van der Waals surface area contributed by atoms with Gasteiger partial charge in [0.05, 0.1) is 5.25 Å². The van der Waals surface area contributed by atoms with Crippen LogP contribution < -0.4 is 0 Å². The Morgan fingerprint density at radius 1 is 1.07 bits per heavy atom. The monoisotopic (exact) mass is 389 g/mol. The third kappa shape index (κ3) is 3.28. The summed E-state index contributed by atoms with van der Waals surface area (Å²) in [6.45, 7) is 1.97. The number of benzene rings is 2. The average Bonchev–Trinajstić information content (AvgIpc) is 3.32. The minimum atomic E-state index is -0.210. The molecule has 0 radical (unpaired) electrons. The van der Waals surface area contributed by atoms with Crippen LogP contribution in [0.2, 0.25) is 0 Å². The van der Waals surface area contributed by atoms with Crippen molar-refractivity contribution in [1.29, 1.82) is 0 Å². The summed E-state index contributed by atoms with van der Waals surface area (Å²) in [5, 5.41) is 9.51. The molecule has 1 unspecified atom stereocenters. The van der Waals surface area contributed by atoms with E-state index in [-0.39, 0.29) is 11.0 Å². The van der Waals surface area contributed by atoms with Crippen molar-refractivity contribution in [3.8, 4) is 5.69 Å². The molecule has 0 N–H and O–H groups in total. The summed E-state index contributed by atoms with van der Waals surface area (Å²) in [7, 11) is 0. The Labute approximate surface area is 169 Å². The lowest BCUT2D eigenvalue weighted by Crippen LogP contribution is -2.15. The number of Topliss-reactive ketones (excluding diaryl/α,β-unsaturated/α-hetero) is 1. The maximum Gasteiger partial charge on any atom is 0.196 e. The summed E-state index contributed by atoms with van der Waals surface area (Å²) in [6.07, 6.45) is 5.75. The maximum atomic E-state index is 13.1. The van der Waals surface area contributed by atoms with E-state index in [1.165, 1.54) is 42.2 Å². The number of nitrogens with zero attached hydrogens (tertiary/aromatic N) is 3. The van der Waals surface area contributed by atoms with Gasteiger partial charge in [0.15, 0.2) is 10.9 Å². The van der Waals surface area contributed by atoms with Gasteiger partial charge in [-0.25, -0.2) is 0 Å². The second kappa shape index (κ2) is 7.21. The van der Waals surface area contributed by atoms with Crippen LogP contribution in [0, 0.1) is 0 Å². The first kappa shape index (κ1) is 17.7. The number of hydrogen-bond acceptors (Lipinski definition) is 4. The van der Waals surface area contributed by atoms with E-state index in [1.54, 1.807) is 0 Å². The molecule has 4 nitrogen and oxygen atoms in total. The number of para-hydroxylation sites is 1. The fourth-order valence-electron chi connectivity index (χ4n) is 3.95. The lowest BCUT2D eigenvalue weighted by molar-refractivity contribution is 0.0993. The summed E-state index contributed by atoms with van der Waals surface area (Å²) >= 11 is 1.51. The number of ketones is 1. The van der Waals surface area contributed by atoms with Crippen LogP contribution in [0.5, 0.6) is 0 Å². The predicted octanol–water partition coefficient (Wildman–Crippen LogP) is 5.00. The van der Waals surface area contributed by atoms with Crippen LogP contribution in [0.1, 0.15) is 59.4 Å². The van der Waals surface area contributed by atoms with E-state index >= 15 is 0 Å². The highest BCUT2D eigenvalue weighted by molar-refractivity contribution is 8.00. The third-order valence-electron chi connectivity index (χ3n) is 5.65. The van der Waals surface area contributed by atoms with Gasteiger partial charge in [-0.2, -0.15) is 0 Å². The molecule has 1 aromatic heterocycles. The van der Waals surface area contributed by atoms with E-state index in [9.17, 15) is 4.79 Å². The zero-order valence-corrected chi connectivity index (χ0v) is 16.8. The topological polar surface area (TPSA) is 47.8 Å². The van der Waals surface area contributed by atoms with Gasteiger partial charge in [-0.3, -0.25) is 9.36 Å². The van der Waals surface area contributed by atoms with E-state index in [0.29, 0.717) is 5.92 Å². The number of carbonyl (C=O) groups is 1. The minimum absolute atomic E-state index is 0.162. The SMILES string of the molecule is CC(Sc1nnc(C2CC2)n1-c1ccccc1)C(=O)c1ccc2c(c1)CCC2. The average molecular weight is 390 g/mol. The molecule has 1 atom stereocenters. The lowest BCUT2D eigenvalue weighted by atomic mass is 10.0. The van der Waals surface area contributed by atoms with Crippen LogP contribution >= 0.6 is 11.8 Å². The van der Waals surface area contributed by atoms with Gasteiger partial charge in [-0.05, 0) is 68.4 Å². The van der Waals surface area contributed by atoms with E-state index in [4.69, 9.17) is 0 Å². The van der Waals surface area contributed by atoms with Crippen molar-refractivity contribution < 1.29 is 4.79 Å². The molecule has 0 spiro atoms. The second-order valence-electron chi connectivity index (χ2n) is 7.75. The highest BCUT2D eigenvalue weighted by Crippen LogP contribution is 2.41. The largest absolute Gasteiger partial charge is 0.293 e. The van der Waals surface area contributed by atoms with Gasteiger partial charge in [0.25, 0.3) is 0 Å². The van der Waals surface area contributed by atoms with E-state index in [0.717, 1.165) is 35.1 Å². The summed E-state index contributed by atoms with van der Waals surface area (Å²) in [5.74, 6) is 1.67. The van der Waals surface area contributed by atoms with Crippen molar-refractivity contribution in [2.75, 3.05) is 0 Å². The Morgan fingerprint density at radius 2 is 1.86 bits per heavy atom. The summed E-state index contributed by atoms with van der Waals surface area (Å²) in [4.78, 5) is 13.1. The molecule has 1 saturated carbocycles. The fraction of sp³-hybridized carbons (Fsp3) is 0.348. The standard InChI is InChI=1S/C23H23N3OS/c1-15(21(27)19-13-10-16-6-5-7-18(16)14-19)28-23-25-24-22(17-11-12-17)26(23)20-8-3-2-4-9-20/h2-4,8-10,13-15,17H,5-7,11-12H2,1H3. The lowest BCUT2D eigenvalue weighted by Gasteiger charge is -2.13. The Kier molecular flexibility index (Phi) is 4.55. The Morgan fingerprint density at radius 3 is 2.64 bits per heavy atom. The van der Waals surface area contributed by atoms with E-state index in [2.05, 4.69) is 39.0 Å². The molecule has 2 aliphatic rings. The molecule has 0 amide bonds. The summed E-state index contributed by atoms with van der Waals surface area (Å²) in [6, 6.07) is 16.4. The predicted molar refractivity (Wildman–Crippen MR) is 111 cm³/mol. The Hall–Kier alpha value is -2.40. The van der Waals surface area contributed by atoms with E-state index < -0.39 is 0 Å². The minimum Gasteiger partial charge on any atom is -0.293 e. The molecule has 0 aliphatic heterocycles. The van der Waals surface area contributed by atoms with Crippen LogP contribution in [-0.4, -0.2) is 25.8 Å². The van der Waals surface area contributed by atoms with Gasteiger partial charge in [-0.1, -0.05) is 42.1 Å². The van der Waals surface area contributed by atoms with E-state index in [1.807, 2.05) is 31.2 Å². The molecule has 0 saturated heterocycles. The fourth-order valence-corrected chi connectivity index (χ4v) is 4.91. The first-order chi connectivity index (χ1) is 13.7. The molecule has 0 bridgehead atoms. The molecule has 28 heavy (non-hydrogen) atoms. The van der Waals surface area contributed by atoms with Crippen molar-refractivity contribution in [2.24, 2.45) is 0 Å². The van der Waals surface area contributed by atoms with Crippen LogP contribution in [0.15, 0.2) is 53.7 Å². The van der Waals surface area contributed by atoms with Crippen LogP contribution in [0.3, 0.4) is 0 Å². The second-order valence-corrected chi connectivity index (χ2v) is 9.06. The summed E-state index contributed by atoms with van der Waals surface area (Å²) < 4.78 is 2.13. The molecule has 142 valence electrons. The number of rotatable bonds is 6. The Balaban J connectivity index is 1.42. The first-order valence-corrected chi connectivity index (χ1v) is 10.9. The number of aromatic nitrogens is 3. The van der Waals surface area contributed by atoms with Gasteiger partial charge in [0.1, 0.15) is 5.82 Å². The molecule has 3 aromatic rings. The van der Waals surface area contributed by atoms with Crippen LogP contribution in [0.4, 0.5) is 0 Å². The Bertz CT molecular complexity index is 1020. The number of thioether (sulfide) groups is 1.